The van der Waals surface area contributed by atoms with E-state index in [2.05, 4.69) is 10.5 Å². The van der Waals surface area contributed by atoms with Gasteiger partial charge in [-0.3, -0.25) is 4.79 Å². The summed E-state index contributed by atoms with van der Waals surface area (Å²) in [7, 11) is 0. The summed E-state index contributed by atoms with van der Waals surface area (Å²) >= 11 is 0. The van der Waals surface area contributed by atoms with Gasteiger partial charge in [0.25, 0.3) is 5.79 Å². The maximum atomic E-state index is 12.2. The van der Waals surface area contributed by atoms with Gasteiger partial charge < -0.3 is 19.3 Å². The second-order valence-electron chi connectivity index (χ2n) is 6.83. The van der Waals surface area contributed by atoms with Crippen LogP contribution in [0, 0.1) is 13.8 Å². The van der Waals surface area contributed by atoms with E-state index < -0.39 is 5.79 Å². The molecule has 1 saturated carbocycles. The molecule has 1 fully saturated rings. The Balaban J connectivity index is 1.38. The summed E-state index contributed by atoms with van der Waals surface area (Å²) < 4.78 is 17.1. The number of amides is 1. The van der Waals surface area contributed by atoms with Gasteiger partial charge in [0.15, 0.2) is 11.5 Å². The number of rotatable bonds is 4. The number of fused-ring (bicyclic) bond motifs is 1. The van der Waals surface area contributed by atoms with Gasteiger partial charge in [0, 0.05) is 36.6 Å². The van der Waals surface area contributed by atoms with Gasteiger partial charge in [-0.25, -0.2) is 0 Å². The first kappa shape index (κ1) is 16.0. The van der Waals surface area contributed by atoms with E-state index in [0.29, 0.717) is 18.6 Å². The maximum Gasteiger partial charge on any atom is 0.251 e. The van der Waals surface area contributed by atoms with Crippen LogP contribution in [0.25, 0.3) is 0 Å². The van der Waals surface area contributed by atoms with E-state index in [9.17, 15) is 4.79 Å². The van der Waals surface area contributed by atoms with Gasteiger partial charge in [0.05, 0.1) is 5.69 Å². The highest BCUT2D eigenvalue weighted by atomic mass is 16.7. The number of carbonyl (C=O) groups excluding carboxylic acids is 1. The molecule has 1 amide bonds. The summed E-state index contributed by atoms with van der Waals surface area (Å²) in [4.78, 5) is 12.2. The minimum absolute atomic E-state index is 0.0468. The average Bonchev–Trinajstić information content (AvgIpc) is 3.26. The van der Waals surface area contributed by atoms with Crippen molar-refractivity contribution in [3.05, 3.63) is 35.2 Å². The molecule has 0 unspecified atom stereocenters. The Kier molecular flexibility index (Phi) is 3.90. The van der Waals surface area contributed by atoms with E-state index in [-0.39, 0.29) is 5.91 Å². The molecule has 1 aromatic carbocycles. The molecule has 1 aromatic heterocycles. The van der Waals surface area contributed by atoms with Crippen molar-refractivity contribution in [2.75, 3.05) is 5.32 Å². The number of ether oxygens (including phenoxy) is 2. The summed E-state index contributed by atoms with van der Waals surface area (Å²) in [5.41, 5.74) is 2.57. The van der Waals surface area contributed by atoms with Gasteiger partial charge in [0.2, 0.25) is 5.91 Å². The fraction of sp³-hybridized carbons (Fsp3) is 0.474. The fourth-order valence-corrected chi connectivity index (χ4v) is 3.61. The molecule has 0 saturated heterocycles. The first-order valence-electron chi connectivity index (χ1n) is 8.78. The molecule has 0 bridgehead atoms. The zero-order valence-electron chi connectivity index (χ0n) is 14.6. The van der Waals surface area contributed by atoms with Gasteiger partial charge >= 0.3 is 0 Å². The van der Waals surface area contributed by atoms with E-state index in [1.807, 2.05) is 32.0 Å². The van der Waals surface area contributed by atoms with Crippen LogP contribution >= 0.6 is 0 Å². The van der Waals surface area contributed by atoms with Gasteiger partial charge in [-0.05, 0) is 45.2 Å². The van der Waals surface area contributed by atoms with Crippen LogP contribution in [-0.2, 0) is 11.2 Å². The topological polar surface area (TPSA) is 73.6 Å². The van der Waals surface area contributed by atoms with Gasteiger partial charge in [0.1, 0.15) is 5.76 Å². The molecule has 1 N–H and O–H groups in total. The second kappa shape index (κ2) is 6.10. The lowest BCUT2D eigenvalue weighted by Gasteiger charge is -2.21. The van der Waals surface area contributed by atoms with Crippen LogP contribution in [0.2, 0.25) is 0 Å². The van der Waals surface area contributed by atoms with Crippen molar-refractivity contribution in [1.82, 2.24) is 5.16 Å². The van der Waals surface area contributed by atoms with E-state index >= 15 is 0 Å². The molecule has 0 radical (unpaired) electrons. The highest BCUT2D eigenvalue weighted by Crippen LogP contribution is 2.47. The number of hydrogen-bond acceptors (Lipinski definition) is 5. The molecular formula is C19H22N2O4. The standard InChI is InChI=1S/C19H22N2O4/c1-12-15(13(2)25-21-12)6-8-18(22)20-14-5-7-16-17(11-14)24-19(23-16)9-3-4-10-19/h5,7,11H,3-4,6,8-10H2,1-2H3,(H,20,22). The Hall–Kier alpha value is -2.50. The minimum atomic E-state index is -0.478. The molecular weight excluding hydrogens is 320 g/mol. The molecule has 2 heterocycles. The zero-order chi connectivity index (χ0) is 17.4. The van der Waals surface area contributed by atoms with Crippen molar-refractivity contribution in [1.29, 1.82) is 0 Å². The number of carbonyl (C=O) groups is 1. The lowest BCUT2D eigenvalue weighted by molar-refractivity contribution is -0.116. The molecule has 4 rings (SSSR count). The smallest absolute Gasteiger partial charge is 0.251 e. The molecule has 1 spiro atoms. The lowest BCUT2D eigenvalue weighted by atomic mass is 10.1. The first-order valence-corrected chi connectivity index (χ1v) is 8.78. The third kappa shape index (κ3) is 3.08. The molecule has 2 aliphatic rings. The normalized spacial score (nSPS) is 17.2. The predicted molar refractivity (Wildman–Crippen MR) is 91.8 cm³/mol. The van der Waals surface area contributed by atoms with Crippen LogP contribution in [0.4, 0.5) is 5.69 Å². The number of anilines is 1. The van der Waals surface area contributed by atoms with Crippen LogP contribution in [0.1, 0.15) is 49.1 Å². The molecule has 1 aliphatic carbocycles. The van der Waals surface area contributed by atoms with Gasteiger partial charge in [-0.15, -0.1) is 0 Å². The van der Waals surface area contributed by atoms with Crippen LogP contribution in [0.3, 0.4) is 0 Å². The van der Waals surface area contributed by atoms with Gasteiger partial charge in [-0.2, -0.15) is 0 Å². The molecule has 25 heavy (non-hydrogen) atoms. The number of benzene rings is 1. The zero-order valence-corrected chi connectivity index (χ0v) is 14.6. The van der Waals surface area contributed by atoms with Crippen LogP contribution in [0.15, 0.2) is 22.7 Å². The minimum Gasteiger partial charge on any atom is -0.448 e. The number of nitrogens with zero attached hydrogens (tertiary/aromatic N) is 1. The molecule has 6 nitrogen and oxygen atoms in total. The number of hydrogen-bond donors (Lipinski definition) is 1. The van der Waals surface area contributed by atoms with E-state index in [1.165, 1.54) is 0 Å². The van der Waals surface area contributed by atoms with Crippen molar-refractivity contribution in [3.63, 3.8) is 0 Å². The Morgan fingerprint density at radius 1 is 1.20 bits per heavy atom. The number of nitrogens with one attached hydrogen (secondary N) is 1. The Bertz CT molecular complexity index is 786. The SMILES string of the molecule is Cc1noc(C)c1CCC(=O)Nc1ccc2c(c1)OC1(CCCC1)O2. The number of aryl methyl sites for hydroxylation is 2. The first-order chi connectivity index (χ1) is 12.0. The third-order valence-electron chi connectivity index (χ3n) is 4.97. The Morgan fingerprint density at radius 3 is 2.68 bits per heavy atom. The quantitative estimate of drug-likeness (QED) is 0.912. The van der Waals surface area contributed by atoms with Crippen LogP contribution < -0.4 is 14.8 Å². The molecule has 2 aromatic rings. The van der Waals surface area contributed by atoms with E-state index in [0.717, 1.165) is 54.1 Å². The van der Waals surface area contributed by atoms with Crippen molar-refractivity contribution in [2.24, 2.45) is 0 Å². The van der Waals surface area contributed by atoms with Crippen molar-refractivity contribution >= 4 is 11.6 Å². The van der Waals surface area contributed by atoms with E-state index in [1.54, 1.807) is 0 Å². The molecule has 6 heteroatoms. The molecule has 132 valence electrons. The molecule has 0 atom stereocenters. The summed E-state index contributed by atoms with van der Waals surface area (Å²) in [6.07, 6.45) is 5.07. The van der Waals surface area contributed by atoms with E-state index in [4.69, 9.17) is 14.0 Å². The maximum absolute atomic E-state index is 12.2. The lowest BCUT2D eigenvalue weighted by Crippen LogP contribution is -2.34. The monoisotopic (exact) mass is 342 g/mol. The predicted octanol–water partition coefficient (Wildman–Crippen LogP) is 3.90. The van der Waals surface area contributed by atoms with Crippen molar-refractivity contribution in [2.45, 2.75) is 58.2 Å². The highest BCUT2D eigenvalue weighted by molar-refractivity contribution is 5.91. The Morgan fingerprint density at radius 2 is 1.96 bits per heavy atom. The third-order valence-corrected chi connectivity index (χ3v) is 4.97. The summed E-state index contributed by atoms with van der Waals surface area (Å²) in [6, 6.07) is 5.56. The Labute approximate surface area is 146 Å². The van der Waals surface area contributed by atoms with Crippen LogP contribution in [-0.4, -0.2) is 16.9 Å². The fourth-order valence-electron chi connectivity index (χ4n) is 3.61. The second-order valence-corrected chi connectivity index (χ2v) is 6.83. The van der Waals surface area contributed by atoms with Crippen molar-refractivity contribution in [3.8, 4) is 11.5 Å². The number of aromatic nitrogens is 1. The summed E-state index contributed by atoms with van der Waals surface area (Å²) in [5, 5.41) is 6.84. The van der Waals surface area contributed by atoms with Crippen molar-refractivity contribution < 1.29 is 18.8 Å². The average molecular weight is 342 g/mol. The summed E-state index contributed by atoms with van der Waals surface area (Å²) in [5.74, 6) is 1.72. The summed E-state index contributed by atoms with van der Waals surface area (Å²) in [6.45, 7) is 3.75. The highest BCUT2D eigenvalue weighted by Gasteiger charge is 2.44. The molecule has 1 aliphatic heterocycles. The largest absolute Gasteiger partial charge is 0.448 e. The van der Waals surface area contributed by atoms with Gasteiger partial charge in [-0.1, -0.05) is 5.16 Å². The van der Waals surface area contributed by atoms with Crippen LogP contribution in [0.5, 0.6) is 11.5 Å².